The summed E-state index contributed by atoms with van der Waals surface area (Å²) in [5.41, 5.74) is 2.39. The molecule has 1 saturated heterocycles. The largest absolute Gasteiger partial charge is 0.379 e. The number of hydrogen-bond donors (Lipinski definition) is 0. The first-order valence-corrected chi connectivity index (χ1v) is 8.95. The van der Waals surface area contributed by atoms with Crippen LogP contribution in [0.1, 0.15) is 17.5 Å². The molecule has 4 nitrogen and oxygen atoms in total. The third-order valence-corrected chi connectivity index (χ3v) is 4.53. The molecule has 1 fully saturated rings. The van der Waals surface area contributed by atoms with Gasteiger partial charge in [0.25, 0.3) is 0 Å². The van der Waals surface area contributed by atoms with Crippen LogP contribution in [0.4, 0.5) is 4.39 Å². The second-order valence-electron chi connectivity index (χ2n) is 6.50. The minimum absolute atomic E-state index is 0.184. The standard InChI is InChI=1S/C20H26FN3O/c21-20-4-2-18(3-5-20)16-24(17-19-6-8-22-9-7-19)11-1-10-23-12-14-25-15-13-23/h2-9H,1,10-17H2. The Kier molecular flexibility index (Phi) is 6.91. The number of morpholine rings is 1. The summed E-state index contributed by atoms with van der Waals surface area (Å²) in [7, 11) is 0. The van der Waals surface area contributed by atoms with Gasteiger partial charge in [0.1, 0.15) is 5.82 Å². The summed E-state index contributed by atoms with van der Waals surface area (Å²) in [6.45, 7) is 7.56. The van der Waals surface area contributed by atoms with Gasteiger partial charge in [-0.05, 0) is 48.4 Å². The molecule has 0 atom stereocenters. The molecule has 5 heteroatoms. The van der Waals surface area contributed by atoms with E-state index in [4.69, 9.17) is 4.74 Å². The van der Waals surface area contributed by atoms with Crippen molar-refractivity contribution in [3.63, 3.8) is 0 Å². The van der Waals surface area contributed by atoms with Crippen molar-refractivity contribution in [2.75, 3.05) is 39.4 Å². The maximum absolute atomic E-state index is 13.1. The van der Waals surface area contributed by atoms with Gasteiger partial charge in [0.15, 0.2) is 0 Å². The van der Waals surface area contributed by atoms with Gasteiger partial charge in [-0.15, -0.1) is 0 Å². The first-order valence-electron chi connectivity index (χ1n) is 8.95. The maximum Gasteiger partial charge on any atom is 0.123 e. The molecule has 3 rings (SSSR count). The quantitative estimate of drug-likeness (QED) is 0.737. The third-order valence-electron chi connectivity index (χ3n) is 4.53. The predicted molar refractivity (Wildman–Crippen MR) is 96.6 cm³/mol. The van der Waals surface area contributed by atoms with Crippen LogP contribution in [0.2, 0.25) is 0 Å². The zero-order valence-electron chi connectivity index (χ0n) is 14.6. The van der Waals surface area contributed by atoms with E-state index >= 15 is 0 Å². The highest BCUT2D eigenvalue weighted by Crippen LogP contribution is 2.11. The van der Waals surface area contributed by atoms with Crippen LogP contribution in [-0.2, 0) is 17.8 Å². The fourth-order valence-corrected chi connectivity index (χ4v) is 3.15. The Labute approximate surface area is 149 Å². The second kappa shape index (κ2) is 9.61. The number of rotatable bonds is 8. The first kappa shape index (κ1) is 18.0. The number of halogens is 1. The molecule has 0 amide bonds. The van der Waals surface area contributed by atoms with Crippen molar-refractivity contribution in [1.29, 1.82) is 0 Å². The van der Waals surface area contributed by atoms with E-state index in [1.54, 1.807) is 0 Å². The zero-order chi connectivity index (χ0) is 17.3. The molecule has 1 aliphatic rings. The first-order chi connectivity index (χ1) is 12.3. The SMILES string of the molecule is Fc1ccc(CN(CCCN2CCOCC2)Cc2ccncc2)cc1. The van der Waals surface area contributed by atoms with Crippen LogP contribution >= 0.6 is 0 Å². The van der Waals surface area contributed by atoms with Crippen LogP contribution < -0.4 is 0 Å². The Balaban J connectivity index is 1.56. The van der Waals surface area contributed by atoms with Crippen LogP contribution in [0.15, 0.2) is 48.8 Å². The molecule has 0 radical (unpaired) electrons. The van der Waals surface area contributed by atoms with Gasteiger partial charge in [0, 0.05) is 45.1 Å². The Morgan fingerprint density at radius 2 is 1.60 bits per heavy atom. The highest BCUT2D eigenvalue weighted by molar-refractivity contribution is 5.16. The summed E-state index contributed by atoms with van der Waals surface area (Å²) < 4.78 is 18.5. The van der Waals surface area contributed by atoms with E-state index in [0.717, 1.165) is 64.5 Å². The van der Waals surface area contributed by atoms with Gasteiger partial charge in [-0.3, -0.25) is 14.8 Å². The number of benzene rings is 1. The lowest BCUT2D eigenvalue weighted by molar-refractivity contribution is 0.0359. The smallest absolute Gasteiger partial charge is 0.123 e. The summed E-state index contributed by atoms with van der Waals surface area (Å²) in [6.07, 6.45) is 4.78. The highest BCUT2D eigenvalue weighted by atomic mass is 19.1. The van der Waals surface area contributed by atoms with Gasteiger partial charge >= 0.3 is 0 Å². The van der Waals surface area contributed by atoms with E-state index in [1.165, 1.54) is 17.7 Å². The average molecular weight is 343 g/mol. The molecule has 0 spiro atoms. The van der Waals surface area contributed by atoms with Gasteiger partial charge in [0.05, 0.1) is 13.2 Å². The lowest BCUT2D eigenvalue weighted by atomic mass is 10.1. The van der Waals surface area contributed by atoms with Crippen molar-refractivity contribution < 1.29 is 9.13 Å². The Morgan fingerprint density at radius 1 is 0.960 bits per heavy atom. The van der Waals surface area contributed by atoms with E-state index < -0.39 is 0 Å². The monoisotopic (exact) mass is 343 g/mol. The number of ether oxygens (including phenoxy) is 1. The van der Waals surface area contributed by atoms with Crippen LogP contribution in [0.5, 0.6) is 0 Å². The predicted octanol–water partition coefficient (Wildman–Crippen LogP) is 2.95. The highest BCUT2D eigenvalue weighted by Gasteiger charge is 2.12. The molecule has 1 aromatic carbocycles. The third kappa shape index (κ3) is 6.20. The molecule has 25 heavy (non-hydrogen) atoms. The lowest BCUT2D eigenvalue weighted by Crippen LogP contribution is -2.38. The molecular weight excluding hydrogens is 317 g/mol. The van der Waals surface area contributed by atoms with Crippen molar-refractivity contribution in [2.45, 2.75) is 19.5 Å². The summed E-state index contributed by atoms with van der Waals surface area (Å²) in [4.78, 5) is 8.97. The molecule has 0 N–H and O–H groups in total. The van der Waals surface area contributed by atoms with Crippen molar-refractivity contribution in [3.8, 4) is 0 Å². The summed E-state index contributed by atoms with van der Waals surface area (Å²) in [6, 6.07) is 10.9. The molecule has 1 aliphatic heterocycles. The topological polar surface area (TPSA) is 28.6 Å². The summed E-state index contributed by atoms with van der Waals surface area (Å²) in [5.74, 6) is -0.184. The second-order valence-corrected chi connectivity index (χ2v) is 6.50. The van der Waals surface area contributed by atoms with Crippen LogP contribution in [0.3, 0.4) is 0 Å². The van der Waals surface area contributed by atoms with Gasteiger partial charge < -0.3 is 4.74 Å². The molecule has 1 aromatic heterocycles. The Hall–Kier alpha value is -1.82. The Morgan fingerprint density at radius 3 is 2.28 bits per heavy atom. The average Bonchev–Trinajstić information content (AvgIpc) is 2.65. The molecule has 2 aromatic rings. The number of aromatic nitrogens is 1. The van der Waals surface area contributed by atoms with Crippen LogP contribution in [0.25, 0.3) is 0 Å². The number of hydrogen-bond acceptors (Lipinski definition) is 4. The van der Waals surface area contributed by atoms with E-state index in [1.807, 2.05) is 24.5 Å². The summed E-state index contributed by atoms with van der Waals surface area (Å²) in [5, 5.41) is 0. The van der Waals surface area contributed by atoms with Crippen molar-refractivity contribution in [1.82, 2.24) is 14.8 Å². The number of nitrogens with zero attached hydrogens (tertiary/aromatic N) is 3. The van der Waals surface area contributed by atoms with Crippen molar-refractivity contribution >= 4 is 0 Å². The molecule has 0 saturated carbocycles. The van der Waals surface area contributed by atoms with Gasteiger partial charge in [-0.25, -0.2) is 4.39 Å². The number of pyridine rings is 1. The molecule has 2 heterocycles. The fourth-order valence-electron chi connectivity index (χ4n) is 3.15. The maximum atomic E-state index is 13.1. The van der Waals surface area contributed by atoms with E-state index in [0.29, 0.717) is 0 Å². The molecule has 0 bridgehead atoms. The van der Waals surface area contributed by atoms with Crippen molar-refractivity contribution in [3.05, 3.63) is 65.7 Å². The van der Waals surface area contributed by atoms with Gasteiger partial charge in [-0.1, -0.05) is 12.1 Å². The molecule has 0 aliphatic carbocycles. The minimum Gasteiger partial charge on any atom is -0.379 e. The molecular formula is C20H26FN3O. The lowest BCUT2D eigenvalue weighted by Gasteiger charge is -2.28. The molecule has 0 unspecified atom stereocenters. The van der Waals surface area contributed by atoms with E-state index in [2.05, 4.69) is 26.9 Å². The van der Waals surface area contributed by atoms with E-state index in [9.17, 15) is 4.39 Å². The Bertz CT molecular complexity index is 615. The van der Waals surface area contributed by atoms with Gasteiger partial charge in [-0.2, -0.15) is 0 Å². The van der Waals surface area contributed by atoms with Crippen LogP contribution in [0, 0.1) is 5.82 Å². The van der Waals surface area contributed by atoms with Crippen molar-refractivity contribution in [2.24, 2.45) is 0 Å². The zero-order valence-corrected chi connectivity index (χ0v) is 14.6. The van der Waals surface area contributed by atoms with Crippen LogP contribution in [-0.4, -0.2) is 54.2 Å². The summed E-state index contributed by atoms with van der Waals surface area (Å²) >= 11 is 0. The van der Waals surface area contributed by atoms with E-state index in [-0.39, 0.29) is 5.82 Å². The normalized spacial score (nSPS) is 15.6. The van der Waals surface area contributed by atoms with Gasteiger partial charge in [0.2, 0.25) is 0 Å². The minimum atomic E-state index is -0.184. The molecule has 134 valence electrons. The fraction of sp³-hybridized carbons (Fsp3) is 0.450.